The Balaban J connectivity index is 2.09. The number of alkyl halides is 3. The average molecular weight is 316 g/mol. The molecule has 0 saturated carbocycles. The number of nitrogens with two attached hydrogens (primary N) is 1. The van der Waals surface area contributed by atoms with Crippen LogP contribution in [0.3, 0.4) is 0 Å². The van der Waals surface area contributed by atoms with E-state index in [-0.39, 0.29) is 23.4 Å². The van der Waals surface area contributed by atoms with Crippen molar-refractivity contribution in [3.8, 4) is 0 Å². The van der Waals surface area contributed by atoms with E-state index in [0.717, 1.165) is 10.2 Å². The first-order valence-corrected chi connectivity index (χ1v) is 6.26. The molecule has 0 aliphatic carbocycles. The van der Waals surface area contributed by atoms with Crippen LogP contribution in [-0.4, -0.2) is 20.0 Å². The maximum Gasteiger partial charge on any atom is 0.435 e. The van der Waals surface area contributed by atoms with Gasteiger partial charge in [0.2, 0.25) is 0 Å². The second kappa shape index (κ2) is 4.66. The van der Waals surface area contributed by atoms with Crippen molar-refractivity contribution in [3.05, 3.63) is 40.5 Å². The van der Waals surface area contributed by atoms with Crippen molar-refractivity contribution in [1.82, 2.24) is 20.0 Å². The highest BCUT2D eigenvalue weighted by molar-refractivity contribution is 6.30. The third-order valence-electron chi connectivity index (χ3n) is 2.99. The van der Waals surface area contributed by atoms with Gasteiger partial charge in [-0.1, -0.05) is 23.7 Å². The van der Waals surface area contributed by atoms with Gasteiger partial charge < -0.3 is 5.73 Å². The number of nitrogens with one attached hydrogen (secondary N) is 1. The van der Waals surface area contributed by atoms with Gasteiger partial charge in [-0.05, 0) is 17.7 Å². The summed E-state index contributed by atoms with van der Waals surface area (Å²) >= 11 is 5.77. The van der Waals surface area contributed by atoms with E-state index in [1.54, 1.807) is 24.3 Å². The van der Waals surface area contributed by atoms with Gasteiger partial charge in [0.05, 0.1) is 11.9 Å². The van der Waals surface area contributed by atoms with Crippen molar-refractivity contribution in [2.24, 2.45) is 0 Å². The normalized spacial score (nSPS) is 12.2. The van der Waals surface area contributed by atoms with Crippen LogP contribution in [0.4, 0.5) is 19.0 Å². The second-order valence-corrected chi connectivity index (χ2v) is 4.90. The molecule has 1 aromatic carbocycles. The van der Waals surface area contributed by atoms with Crippen LogP contribution >= 0.6 is 11.6 Å². The molecule has 2 heterocycles. The minimum absolute atomic E-state index is 0.0646. The monoisotopic (exact) mass is 315 g/mol. The van der Waals surface area contributed by atoms with E-state index >= 15 is 0 Å². The molecule has 0 aliphatic heterocycles. The van der Waals surface area contributed by atoms with E-state index in [1.165, 1.54) is 0 Å². The smallest absolute Gasteiger partial charge is 0.383 e. The fraction of sp³-hybridized carbons (Fsp3) is 0.167. The van der Waals surface area contributed by atoms with Gasteiger partial charge in [-0.2, -0.15) is 23.4 Å². The molecule has 0 unspecified atom stereocenters. The average Bonchev–Trinajstić information content (AvgIpc) is 2.94. The standard InChI is InChI=1S/C12H9ClF3N5/c13-7-3-1-6(2-4-7)5-21-11-8(10(17)18-19-11)9(20-21)12(14,15)16/h1-4H,5H2,(H3,17,18,19). The molecular weight excluding hydrogens is 307 g/mol. The molecule has 0 radical (unpaired) electrons. The first kappa shape index (κ1) is 13.7. The summed E-state index contributed by atoms with van der Waals surface area (Å²) in [5.41, 5.74) is 5.28. The SMILES string of the molecule is Nc1[nH]nc2c1c(C(F)(F)F)nn2Cc1ccc(Cl)cc1. The summed E-state index contributed by atoms with van der Waals surface area (Å²) in [5, 5.41) is 10.1. The zero-order chi connectivity index (χ0) is 15.2. The second-order valence-electron chi connectivity index (χ2n) is 4.47. The molecule has 0 aliphatic rings. The molecule has 3 rings (SSSR count). The largest absolute Gasteiger partial charge is 0.435 e. The first-order chi connectivity index (χ1) is 9.86. The van der Waals surface area contributed by atoms with Crippen LogP contribution in [-0.2, 0) is 12.7 Å². The molecule has 110 valence electrons. The summed E-state index contributed by atoms with van der Waals surface area (Å²) < 4.78 is 40.1. The highest BCUT2D eigenvalue weighted by Crippen LogP contribution is 2.35. The Morgan fingerprint density at radius 1 is 1.24 bits per heavy atom. The zero-order valence-electron chi connectivity index (χ0n) is 10.4. The Labute approximate surface area is 121 Å². The Morgan fingerprint density at radius 3 is 2.52 bits per heavy atom. The molecule has 0 fully saturated rings. The summed E-state index contributed by atoms with van der Waals surface area (Å²) in [6, 6.07) is 6.72. The van der Waals surface area contributed by atoms with Crippen LogP contribution in [0.15, 0.2) is 24.3 Å². The summed E-state index contributed by atoms with van der Waals surface area (Å²) in [7, 11) is 0. The number of hydrogen-bond donors (Lipinski definition) is 2. The van der Waals surface area contributed by atoms with Gasteiger partial charge in [0, 0.05) is 5.02 Å². The van der Waals surface area contributed by atoms with Crippen molar-refractivity contribution in [3.63, 3.8) is 0 Å². The van der Waals surface area contributed by atoms with E-state index in [1.807, 2.05) is 0 Å². The van der Waals surface area contributed by atoms with E-state index in [2.05, 4.69) is 15.3 Å². The van der Waals surface area contributed by atoms with Gasteiger partial charge in [0.25, 0.3) is 0 Å². The number of H-pyrrole nitrogens is 1. The van der Waals surface area contributed by atoms with E-state index in [0.29, 0.717) is 5.02 Å². The number of aromatic nitrogens is 4. The summed E-state index contributed by atoms with van der Waals surface area (Å²) in [5.74, 6) is -0.153. The molecule has 9 heteroatoms. The maximum atomic E-state index is 13.0. The predicted octanol–water partition coefficient (Wildman–Crippen LogP) is 3.06. The summed E-state index contributed by atoms with van der Waals surface area (Å²) in [4.78, 5) is 0. The molecule has 2 aromatic heterocycles. The molecule has 0 saturated heterocycles. The molecule has 0 bridgehead atoms. The molecule has 21 heavy (non-hydrogen) atoms. The molecule has 3 N–H and O–H groups in total. The van der Waals surface area contributed by atoms with Crippen LogP contribution in [0.2, 0.25) is 5.02 Å². The van der Waals surface area contributed by atoms with Crippen LogP contribution in [0.5, 0.6) is 0 Å². The number of halogens is 4. The van der Waals surface area contributed by atoms with Gasteiger partial charge in [-0.15, -0.1) is 0 Å². The quantitative estimate of drug-likeness (QED) is 0.763. The van der Waals surface area contributed by atoms with E-state index < -0.39 is 11.9 Å². The third kappa shape index (κ3) is 2.42. The van der Waals surface area contributed by atoms with Gasteiger partial charge in [-0.25, -0.2) is 4.68 Å². The lowest BCUT2D eigenvalue weighted by Crippen LogP contribution is -2.10. The Morgan fingerprint density at radius 2 is 1.90 bits per heavy atom. The minimum atomic E-state index is -4.60. The minimum Gasteiger partial charge on any atom is -0.383 e. The number of hydrogen-bond acceptors (Lipinski definition) is 3. The fourth-order valence-electron chi connectivity index (χ4n) is 2.06. The van der Waals surface area contributed by atoms with Crippen molar-refractivity contribution in [1.29, 1.82) is 0 Å². The third-order valence-corrected chi connectivity index (χ3v) is 3.24. The Bertz CT molecular complexity index is 788. The number of aromatic amines is 1. The van der Waals surface area contributed by atoms with E-state index in [4.69, 9.17) is 17.3 Å². The summed E-state index contributed by atoms with van der Waals surface area (Å²) in [6.45, 7) is 0.133. The topological polar surface area (TPSA) is 72.5 Å². The molecular formula is C12H9ClF3N5. The maximum absolute atomic E-state index is 13.0. The van der Waals surface area contributed by atoms with Gasteiger partial charge in [0.15, 0.2) is 11.3 Å². The number of nitrogen functional groups attached to an aromatic ring is 1. The van der Waals surface area contributed by atoms with Crippen LogP contribution < -0.4 is 5.73 Å². The predicted molar refractivity (Wildman–Crippen MR) is 71.8 cm³/mol. The fourth-order valence-corrected chi connectivity index (χ4v) is 2.18. The van der Waals surface area contributed by atoms with Crippen LogP contribution in [0.25, 0.3) is 11.0 Å². The lowest BCUT2D eigenvalue weighted by molar-refractivity contribution is -0.140. The molecule has 0 amide bonds. The summed E-state index contributed by atoms with van der Waals surface area (Å²) in [6.07, 6.45) is -4.60. The van der Waals surface area contributed by atoms with Gasteiger partial charge >= 0.3 is 6.18 Å². The number of rotatable bonds is 2. The van der Waals surface area contributed by atoms with Gasteiger partial charge in [-0.3, -0.25) is 5.10 Å². The molecule has 0 spiro atoms. The number of benzene rings is 1. The van der Waals surface area contributed by atoms with Crippen molar-refractivity contribution in [2.45, 2.75) is 12.7 Å². The van der Waals surface area contributed by atoms with Crippen molar-refractivity contribution >= 4 is 28.5 Å². The molecule has 0 atom stereocenters. The lowest BCUT2D eigenvalue weighted by atomic mass is 10.2. The highest BCUT2D eigenvalue weighted by atomic mass is 35.5. The Hall–Kier alpha value is -2.22. The number of fused-ring (bicyclic) bond motifs is 1. The van der Waals surface area contributed by atoms with Crippen LogP contribution in [0.1, 0.15) is 11.3 Å². The van der Waals surface area contributed by atoms with Gasteiger partial charge in [0.1, 0.15) is 5.82 Å². The first-order valence-electron chi connectivity index (χ1n) is 5.88. The zero-order valence-corrected chi connectivity index (χ0v) is 11.2. The van der Waals surface area contributed by atoms with Crippen molar-refractivity contribution in [2.75, 3.05) is 5.73 Å². The Kier molecular flexibility index (Phi) is 3.05. The highest BCUT2D eigenvalue weighted by Gasteiger charge is 2.38. The number of nitrogens with zero attached hydrogens (tertiary/aromatic N) is 3. The lowest BCUT2D eigenvalue weighted by Gasteiger charge is -2.04. The van der Waals surface area contributed by atoms with Crippen molar-refractivity contribution < 1.29 is 13.2 Å². The van der Waals surface area contributed by atoms with Crippen LogP contribution in [0, 0.1) is 0 Å². The van der Waals surface area contributed by atoms with E-state index in [9.17, 15) is 13.2 Å². The molecule has 5 nitrogen and oxygen atoms in total. The number of anilines is 1. The molecule has 3 aromatic rings.